The lowest BCUT2D eigenvalue weighted by molar-refractivity contribution is -0.137. The lowest BCUT2D eigenvalue weighted by Gasteiger charge is -2.36. The molecule has 0 N–H and O–H groups in total. The Morgan fingerprint density at radius 2 is 1.70 bits per heavy atom. The average Bonchev–Trinajstić information content (AvgIpc) is 3.27. The van der Waals surface area contributed by atoms with Gasteiger partial charge in [-0.25, -0.2) is 0 Å². The van der Waals surface area contributed by atoms with Crippen molar-refractivity contribution in [3.8, 4) is 11.8 Å². The van der Waals surface area contributed by atoms with Crippen LogP contribution in [0.25, 0.3) is 5.69 Å². The summed E-state index contributed by atoms with van der Waals surface area (Å²) < 4.78 is 40.9. The maximum absolute atomic E-state index is 13.4. The van der Waals surface area contributed by atoms with Gasteiger partial charge in [0, 0.05) is 43.8 Å². The molecule has 0 aliphatic carbocycles. The summed E-state index contributed by atoms with van der Waals surface area (Å²) in [5.41, 5.74) is 2.34. The molecule has 1 aromatic heterocycles. The van der Waals surface area contributed by atoms with Gasteiger partial charge >= 0.3 is 6.18 Å². The molecule has 0 atom stereocenters. The molecule has 2 heterocycles. The molecule has 0 unspecified atom stereocenters. The molecule has 1 amide bonds. The van der Waals surface area contributed by atoms with Crippen LogP contribution < -0.4 is 4.90 Å². The fourth-order valence-corrected chi connectivity index (χ4v) is 4.04. The van der Waals surface area contributed by atoms with E-state index in [0.717, 1.165) is 24.2 Å². The number of benzene rings is 2. The van der Waals surface area contributed by atoms with Crippen molar-refractivity contribution in [1.82, 2.24) is 9.47 Å². The van der Waals surface area contributed by atoms with Gasteiger partial charge < -0.3 is 14.4 Å². The molecule has 4 rings (SSSR count). The van der Waals surface area contributed by atoms with Gasteiger partial charge in [0.15, 0.2) is 0 Å². The highest BCUT2D eigenvalue weighted by Crippen LogP contribution is 2.32. The predicted molar refractivity (Wildman–Crippen MR) is 119 cm³/mol. The quantitative estimate of drug-likeness (QED) is 0.566. The third-order valence-electron chi connectivity index (χ3n) is 5.94. The van der Waals surface area contributed by atoms with Gasteiger partial charge in [-0.15, -0.1) is 0 Å². The van der Waals surface area contributed by atoms with E-state index in [2.05, 4.69) is 13.0 Å². The molecular weight excluding hydrogens is 429 g/mol. The number of piperazine rings is 1. The van der Waals surface area contributed by atoms with Crippen LogP contribution in [-0.4, -0.2) is 41.6 Å². The Bertz CT molecular complexity index is 1180. The molecule has 8 heteroatoms. The molecule has 5 nitrogen and oxygen atoms in total. The molecule has 0 saturated carbocycles. The molecule has 3 aromatic rings. The van der Waals surface area contributed by atoms with Crippen LogP contribution in [0.15, 0.2) is 60.8 Å². The summed E-state index contributed by atoms with van der Waals surface area (Å²) in [4.78, 5) is 16.9. The number of hydrogen-bond donors (Lipinski definition) is 0. The van der Waals surface area contributed by atoms with E-state index in [1.165, 1.54) is 11.6 Å². The number of halogens is 3. The zero-order valence-corrected chi connectivity index (χ0v) is 18.1. The minimum absolute atomic E-state index is 0.264. The first-order valence-corrected chi connectivity index (χ1v) is 10.7. The molecule has 0 spiro atoms. The van der Waals surface area contributed by atoms with Gasteiger partial charge in [-0.2, -0.15) is 18.4 Å². The number of nitriles is 1. The molecular formula is C25H23F3N4O. The van der Waals surface area contributed by atoms with E-state index in [4.69, 9.17) is 0 Å². The first kappa shape index (κ1) is 22.5. The lowest BCUT2D eigenvalue weighted by Crippen LogP contribution is -2.49. The predicted octanol–water partition coefficient (Wildman–Crippen LogP) is 4.89. The number of carbonyl (C=O) groups excluding carboxylic acids is 1. The number of amides is 1. The maximum Gasteiger partial charge on any atom is 0.416 e. The second-order valence-corrected chi connectivity index (χ2v) is 7.91. The van der Waals surface area contributed by atoms with Crippen LogP contribution in [0.2, 0.25) is 0 Å². The summed E-state index contributed by atoms with van der Waals surface area (Å²) in [5.74, 6) is -0.264. The van der Waals surface area contributed by atoms with E-state index in [1.54, 1.807) is 27.8 Å². The van der Waals surface area contributed by atoms with Crippen LogP contribution in [0, 0.1) is 11.3 Å². The van der Waals surface area contributed by atoms with Crippen molar-refractivity contribution < 1.29 is 18.0 Å². The van der Waals surface area contributed by atoms with Crippen molar-refractivity contribution >= 4 is 11.6 Å². The Labute approximate surface area is 190 Å². The Kier molecular flexibility index (Phi) is 6.14. The summed E-state index contributed by atoms with van der Waals surface area (Å²) in [6, 6.07) is 16.8. The number of carbonyl (C=O) groups is 1. The van der Waals surface area contributed by atoms with E-state index in [1.807, 2.05) is 29.2 Å². The van der Waals surface area contributed by atoms with Crippen molar-refractivity contribution in [2.24, 2.45) is 0 Å². The minimum atomic E-state index is -4.40. The van der Waals surface area contributed by atoms with E-state index in [0.29, 0.717) is 43.1 Å². The lowest BCUT2D eigenvalue weighted by atomic mass is 10.1. The molecule has 1 aliphatic rings. The molecule has 0 radical (unpaired) electrons. The number of rotatable bonds is 4. The normalized spacial score (nSPS) is 14.3. The number of aryl methyl sites for hydroxylation is 1. The number of nitrogens with zero attached hydrogens (tertiary/aromatic N) is 4. The molecule has 1 saturated heterocycles. The van der Waals surface area contributed by atoms with Crippen LogP contribution in [-0.2, 0) is 12.6 Å². The van der Waals surface area contributed by atoms with Crippen LogP contribution in [0.4, 0.5) is 18.9 Å². The van der Waals surface area contributed by atoms with Crippen molar-refractivity contribution in [3.63, 3.8) is 0 Å². The second-order valence-electron chi connectivity index (χ2n) is 7.91. The van der Waals surface area contributed by atoms with Crippen LogP contribution in [0.5, 0.6) is 0 Å². The van der Waals surface area contributed by atoms with Crippen LogP contribution in [0.3, 0.4) is 0 Å². The highest BCUT2D eigenvalue weighted by Gasteiger charge is 2.32. The van der Waals surface area contributed by atoms with Crippen molar-refractivity contribution in [2.75, 3.05) is 31.1 Å². The SMILES string of the molecule is CCc1ccc(-n2ccc(C#N)c2C(=O)N2CCN(c3cccc(C(F)(F)F)c3)CC2)cc1. The van der Waals surface area contributed by atoms with E-state index in [9.17, 15) is 23.2 Å². The van der Waals surface area contributed by atoms with Gasteiger partial charge in [-0.1, -0.05) is 25.1 Å². The smallest absolute Gasteiger partial charge is 0.368 e. The van der Waals surface area contributed by atoms with Crippen molar-refractivity contribution in [3.05, 3.63) is 83.2 Å². The summed E-state index contributed by atoms with van der Waals surface area (Å²) in [5, 5.41) is 9.56. The van der Waals surface area contributed by atoms with Gasteiger partial charge in [0.05, 0.1) is 11.1 Å². The Hall–Kier alpha value is -3.73. The molecule has 1 fully saturated rings. The second kappa shape index (κ2) is 9.02. The van der Waals surface area contributed by atoms with Gasteiger partial charge in [0.2, 0.25) is 0 Å². The minimum Gasteiger partial charge on any atom is -0.368 e. The number of anilines is 1. The Balaban J connectivity index is 1.53. The fraction of sp³-hybridized carbons (Fsp3) is 0.280. The van der Waals surface area contributed by atoms with E-state index < -0.39 is 11.7 Å². The van der Waals surface area contributed by atoms with Gasteiger partial charge in [0.25, 0.3) is 5.91 Å². The van der Waals surface area contributed by atoms with E-state index in [-0.39, 0.29) is 5.91 Å². The largest absolute Gasteiger partial charge is 0.416 e. The third kappa shape index (κ3) is 4.58. The Morgan fingerprint density at radius 1 is 1.00 bits per heavy atom. The third-order valence-corrected chi connectivity index (χ3v) is 5.94. The summed E-state index contributed by atoms with van der Waals surface area (Å²) in [7, 11) is 0. The van der Waals surface area contributed by atoms with Crippen LogP contribution in [0.1, 0.15) is 34.1 Å². The maximum atomic E-state index is 13.4. The first-order valence-electron chi connectivity index (χ1n) is 10.7. The molecule has 1 aliphatic heterocycles. The highest BCUT2D eigenvalue weighted by molar-refractivity contribution is 5.96. The average molecular weight is 452 g/mol. The van der Waals surface area contributed by atoms with Gasteiger partial charge in [-0.05, 0) is 48.4 Å². The highest BCUT2D eigenvalue weighted by atomic mass is 19.4. The standard InChI is InChI=1S/C25H23F3N4O/c1-2-18-6-8-21(9-7-18)32-11-10-19(17-29)23(32)24(33)31-14-12-30(13-15-31)22-5-3-4-20(16-22)25(26,27)28/h3-11,16H,2,12-15H2,1H3. The zero-order chi connectivity index (χ0) is 23.6. The van der Waals surface area contributed by atoms with Gasteiger partial charge in [-0.3, -0.25) is 4.79 Å². The molecule has 33 heavy (non-hydrogen) atoms. The summed E-state index contributed by atoms with van der Waals surface area (Å²) in [6.45, 7) is 3.56. The summed E-state index contributed by atoms with van der Waals surface area (Å²) >= 11 is 0. The number of hydrogen-bond acceptors (Lipinski definition) is 3. The Morgan fingerprint density at radius 3 is 2.30 bits per heavy atom. The van der Waals surface area contributed by atoms with Crippen molar-refractivity contribution in [2.45, 2.75) is 19.5 Å². The number of aromatic nitrogens is 1. The molecule has 170 valence electrons. The number of alkyl halides is 3. The van der Waals surface area contributed by atoms with Gasteiger partial charge in [0.1, 0.15) is 11.8 Å². The monoisotopic (exact) mass is 452 g/mol. The molecule has 2 aromatic carbocycles. The summed E-state index contributed by atoms with van der Waals surface area (Å²) in [6.07, 6.45) is -1.79. The van der Waals surface area contributed by atoms with Crippen LogP contribution >= 0.6 is 0 Å². The topological polar surface area (TPSA) is 52.3 Å². The van der Waals surface area contributed by atoms with Crippen molar-refractivity contribution in [1.29, 1.82) is 5.26 Å². The molecule has 0 bridgehead atoms. The zero-order valence-electron chi connectivity index (χ0n) is 18.1. The fourth-order valence-electron chi connectivity index (χ4n) is 4.04. The van der Waals surface area contributed by atoms with E-state index >= 15 is 0 Å². The first-order chi connectivity index (χ1) is 15.8.